The van der Waals surface area contributed by atoms with Gasteiger partial charge in [-0.2, -0.15) is 0 Å². The molecule has 0 saturated heterocycles. The molecule has 76 valence electrons. The van der Waals surface area contributed by atoms with Gasteiger partial charge in [-0.25, -0.2) is 9.59 Å². The molecule has 1 fully saturated rings. The van der Waals surface area contributed by atoms with Crippen molar-refractivity contribution < 1.29 is 19.4 Å². The van der Waals surface area contributed by atoms with Crippen LogP contribution in [0.1, 0.15) is 32.1 Å². The molecule has 0 aromatic heterocycles. The molecule has 0 amide bonds. The van der Waals surface area contributed by atoms with Gasteiger partial charge in [-0.05, 0) is 31.3 Å². The highest BCUT2D eigenvalue weighted by Gasteiger charge is 2.37. The van der Waals surface area contributed by atoms with E-state index in [-0.39, 0.29) is 11.7 Å². The Hall–Kier alpha value is -1.32. The first-order valence-corrected chi connectivity index (χ1v) is 4.87. The Morgan fingerprint density at radius 2 is 2.14 bits per heavy atom. The van der Waals surface area contributed by atoms with E-state index in [0.29, 0.717) is 12.0 Å². The molecular formula is C10H12O4. The molecule has 1 unspecified atom stereocenters. The second-order valence-corrected chi connectivity index (χ2v) is 3.70. The van der Waals surface area contributed by atoms with Crippen LogP contribution in [-0.4, -0.2) is 23.1 Å². The molecule has 2 rings (SSSR count). The first-order valence-electron chi connectivity index (χ1n) is 4.87. The van der Waals surface area contributed by atoms with Gasteiger partial charge in [-0.3, -0.25) is 0 Å². The lowest BCUT2D eigenvalue weighted by atomic mass is 10.0. The quantitative estimate of drug-likeness (QED) is 0.506. The van der Waals surface area contributed by atoms with Crippen LogP contribution in [-0.2, 0) is 14.3 Å². The van der Waals surface area contributed by atoms with Gasteiger partial charge in [0.15, 0.2) is 0 Å². The molecule has 1 atom stereocenters. The zero-order valence-corrected chi connectivity index (χ0v) is 7.78. The number of ether oxygens (including phenoxy) is 1. The van der Waals surface area contributed by atoms with Gasteiger partial charge in [-0.15, -0.1) is 0 Å². The lowest BCUT2D eigenvalue weighted by Gasteiger charge is -2.08. The molecular weight excluding hydrogens is 184 g/mol. The average Bonchev–Trinajstić information content (AvgIpc) is 2.31. The first kappa shape index (κ1) is 9.24. The molecule has 1 aliphatic heterocycles. The summed E-state index contributed by atoms with van der Waals surface area (Å²) in [6.07, 6.45) is 4.27. The van der Waals surface area contributed by atoms with E-state index in [1.807, 2.05) is 0 Å². The lowest BCUT2D eigenvalue weighted by molar-refractivity contribution is -0.143. The lowest BCUT2D eigenvalue weighted by Crippen LogP contribution is -2.11. The van der Waals surface area contributed by atoms with Crippen molar-refractivity contribution in [3.05, 3.63) is 11.1 Å². The van der Waals surface area contributed by atoms with E-state index in [1.165, 1.54) is 0 Å². The molecule has 1 N–H and O–H groups in total. The van der Waals surface area contributed by atoms with Crippen LogP contribution in [0.25, 0.3) is 0 Å². The van der Waals surface area contributed by atoms with E-state index in [9.17, 15) is 9.59 Å². The van der Waals surface area contributed by atoms with Gasteiger partial charge in [0.05, 0.1) is 0 Å². The summed E-state index contributed by atoms with van der Waals surface area (Å²) in [5, 5.41) is 8.86. The number of fused-ring (bicyclic) bond motifs is 1. The monoisotopic (exact) mass is 196 g/mol. The van der Waals surface area contributed by atoms with E-state index < -0.39 is 11.9 Å². The second kappa shape index (κ2) is 3.44. The van der Waals surface area contributed by atoms with Gasteiger partial charge in [0.25, 0.3) is 0 Å². The van der Waals surface area contributed by atoms with Crippen LogP contribution in [0.5, 0.6) is 0 Å². The van der Waals surface area contributed by atoms with Crippen molar-refractivity contribution in [2.24, 2.45) is 0 Å². The summed E-state index contributed by atoms with van der Waals surface area (Å²) < 4.78 is 5.03. The Balaban J connectivity index is 2.35. The van der Waals surface area contributed by atoms with Gasteiger partial charge in [0.2, 0.25) is 0 Å². The Morgan fingerprint density at radius 1 is 1.36 bits per heavy atom. The summed E-state index contributed by atoms with van der Waals surface area (Å²) in [7, 11) is 0. The molecule has 0 spiro atoms. The molecule has 0 bridgehead atoms. The number of rotatable bonds is 1. The van der Waals surface area contributed by atoms with Gasteiger partial charge >= 0.3 is 11.9 Å². The van der Waals surface area contributed by atoms with Crippen molar-refractivity contribution in [2.45, 2.75) is 38.2 Å². The van der Waals surface area contributed by atoms with Crippen molar-refractivity contribution in [3.8, 4) is 0 Å². The van der Waals surface area contributed by atoms with Crippen molar-refractivity contribution in [1.29, 1.82) is 0 Å². The zero-order valence-electron chi connectivity index (χ0n) is 7.78. The third-order valence-electron chi connectivity index (χ3n) is 2.79. The molecule has 0 aromatic carbocycles. The summed E-state index contributed by atoms with van der Waals surface area (Å²) in [4.78, 5) is 22.1. The van der Waals surface area contributed by atoms with E-state index in [1.54, 1.807) is 0 Å². The topological polar surface area (TPSA) is 63.6 Å². The summed E-state index contributed by atoms with van der Waals surface area (Å²) in [5.74, 6) is -1.80. The van der Waals surface area contributed by atoms with Crippen LogP contribution in [0.4, 0.5) is 0 Å². The SMILES string of the molecule is O=C(O)C1=C2CCCCCC2OC1=O. The number of carboxylic acids is 1. The molecule has 1 saturated carbocycles. The number of hydrogen-bond donors (Lipinski definition) is 1. The average molecular weight is 196 g/mol. The predicted octanol–water partition coefficient (Wildman–Crippen LogP) is 1.26. The maximum atomic E-state index is 11.2. The third-order valence-corrected chi connectivity index (χ3v) is 2.79. The third kappa shape index (κ3) is 1.41. The van der Waals surface area contributed by atoms with Crippen LogP contribution >= 0.6 is 0 Å². The minimum Gasteiger partial charge on any atom is -0.477 e. The summed E-state index contributed by atoms with van der Waals surface area (Å²) in [6.45, 7) is 0. The van der Waals surface area contributed by atoms with Crippen molar-refractivity contribution in [1.82, 2.24) is 0 Å². The number of hydrogen-bond acceptors (Lipinski definition) is 3. The molecule has 1 aliphatic carbocycles. The van der Waals surface area contributed by atoms with Crippen LogP contribution in [0.15, 0.2) is 11.1 Å². The highest BCUT2D eigenvalue weighted by Crippen LogP contribution is 2.33. The Labute approximate surface area is 81.6 Å². The van der Waals surface area contributed by atoms with Crippen LogP contribution in [0, 0.1) is 0 Å². The van der Waals surface area contributed by atoms with Crippen LogP contribution in [0.3, 0.4) is 0 Å². The second-order valence-electron chi connectivity index (χ2n) is 3.70. The van der Waals surface area contributed by atoms with Crippen molar-refractivity contribution in [2.75, 3.05) is 0 Å². The van der Waals surface area contributed by atoms with Gasteiger partial charge in [0.1, 0.15) is 11.7 Å². The number of carbonyl (C=O) groups is 2. The van der Waals surface area contributed by atoms with Crippen molar-refractivity contribution in [3.63, 3.8) is 0 Å². The van der Waals surface area contributed by atoms with Gasteiger partial charge < -0.3 is 9.84 Å². The minimum atomic E-state index is -1.14. The van der Waals surface area contributed by atoms with E-state index >= 15 is 0 Å². The molecule has 2 aliphatic rings. The molecule has 4 heteroatoms. The number of aliphatic carboxylic acids is 1. The number of carbonyl (C=O) groups excluding carboxylic acids is 1. The molecule has 0 aromatic rings. The maximum Gasteiger partial charge on any atom is 0.346 e. The normalized spacial score (nSPS) is 26.9. The summed E-state index contributed by atoms with van der Waals surface area (Å²) >= 11 is 0. The fourth-order valence-corrected chi connectivity index (χ4v) is 2.12. The van der Waals surface area contributed by atoms with Crippen LogP contribution < -0.4 is 0 Å². The predicted molar refractivity (Wildman–Crippen MR) is 47.6 cm³/mol. The molecule has 0 radical (unpaired) electrons. The maximum absolute atomic E-state index is 11.2. The summed E-state index contributed by atoms with van der Waals surface area (Å²) in [6, 6.07) is 0. The minimum absolute atomic E-state index is 0.114. The van der Waals surface area contributed by atoms with E-state index in [2.05, 4.69) is 0 Å². The smallest absolute Gasteiger partial charge is 0.346 e. The van der Waals surface area contributed by atoms with Crippen LogP contribution in [0.2, 0.25) is 0 Å². The highest BCUT2D eigenvalue weighted by molar-refractivity contribution is 6.15. The Kier molecular flexibility index (Phi) is 2.27. The largest absolute Gasteiger partial charge is 0.477 e. The Morgan fingerprint density at radius 3 is 2.86 bits per heavy atom. The highest BCUT2D eigenvalue weighted by atomic mass is 16.6. The fraction of sp³-hybridized carbons (Fsp3) is 0.600. The Bertz CT molecular complexity index is 316. The van der Waals surface area contributed by atoms with E-state index in [0.717, 1.165) is 25.7 Å². The van der Waals surface area contributed by atoms with E-state index in [4.69, 9.17) is 9.84 Å². The zero-order chi connectivity index (χ0) is 10.1. The number of carboxylic acid groups (broad SMARTS) is 1. The van der Waals surface area contributed by atoms with Gasteiger partial charge in [-0.1, -0.05) is 6.42 Å². The standard InChI is InChI=1S/C10H12O4/c11-9(12)8-6-4-2-1-3-5-7(6)14-10(8)13/h7H,1-5H2,(H,11,12). The fourth-order valence-electron chi connectivity index (χ4n) is 2.12. The summed E-state index contributed by atoms with van der Waals surface area (Å²) in [5.41, 5.74) is 0.594. The van der Waals surface area contributed by atoms with Crippen molar-refractivity contribution >= 4 is 11.9 Å². The molecule has 1 heterocycles. The number of esters is 1. The molecule has 4 nitrogen and oxygen atoms in total. The molecule has 14 heavy (non-hydrogen) atoms. The first-order chi connectivity index (χ1) is 6.70. The van der Waals surface area contributed by atoms with Gasteiger partial charge in [0, 0.05) is 0 Å².